The number of phenolic OH excluding ortho intramolecular Hbond substituents is 2. The molecule has 0 spiro atoms. The molecule has 0 unspecified atom stereocenters. The molecule has 4 heteroatoms. The van der Waals surface area contributed by atoms with Gasteiger partial charge in [0.2, 0.25) is 0 Å². The number of aryl methyl sites for hydroxylation is 2. The topological polar surface area (TPSA) is 52.9 Å². The Balaban J connectivity index is 2.05. The van der Waals surface area contributed by atoms with Gasteiger partial charge in [-0.05, 0) is 91.2 Å². The van der Waals surface area contributed by atoms with Crippen molar-refractivity contribution in [1.82, 2.24) is 4.90 Å². The number of ether oxygens (including phenoxy) is 1. The lowest BCUT2D eigenvalue weighted by Crippen LogP contribution is -2.19. The molecule has 0 heterocycles. The van der Waals surface area contributed by atoms with Crippen molar-refractivity contribution in [2.45, 2.75) is 32.6 Å². The minimum absolute atomic E-state index is 0.00178. The molecule has 0 aliphatic heterocycles. The third-order valence-corrected chi connectivity index (χ3v) is 5.66. The predicted molar refractivity (Wildman–Crippen MR) is 126 cm³/mol. The van der Waals surface area contributed by atoms with Gasteiger partial charge in [0.1, 0.15) is 23.9 Å². The first-order valence-corrected chi connectivity index (χ1v) is 10.9. The van der Waals surface area contributed by atoms with Crippen LogP contribution in [0, 0.1) is 0 Å². The fourth-order valence-electron chi connectivity index (χ4n) is 3.99. The van der Waals surface area contributed by atoms with Crippen LogP contribution in [0.3, 0.4) is 0 Å². The predicted octanol–water partition coefficient (Wildman–Crippen LogP) is 5.34. The van der Waals surface area contributed by atoms with Gasteiger partial charge in [0.25, 0.3) is 0 Å². The van der Waals surface area contributed by atoms with Crippen molar-refractivity contribution < 1.29 is 14.9 Å². The summed E-state index contributed by atoms with van der Waals surface area (Å²) >= 11 is 0. The lowest BCUT2D eigenvalue weighted by Gasteiger charge is -2.24. The van der Waals surface area contributed by atoms with Crippen molar-refractivity contribution in [3.63, 3.8) is 0 Å². The van der Waals surface area contributed by atoms with E-state index in [4.69, 9.17) is 4.74 Å². The second-order valence-electron chi connectivity index (χ2n) is 8.13. The third-order valence-electron chi connectivity index (χ3n) is 5.66. The van der Waals surface area contributed by atoms with Crippen LogP contribution in [0.4, 0.5) is 0 Å². The third kappa shape index (κ3) is 5.59. The van der Waals surface area contributed by atoms with Gasteiger partial charge in [-0.2, -0.15) is 0 Å². The molecule has 31 heavy (non-hydrogen) atoms. The molecule has 0 aromatic heterocycles. The number of aromatic hydroxyl groups is 2. The summed E-state index contributed by atoms with van der Waals surface area (Å²) in [6.07, 6.45) is 1.65. The van der Waals surface area contributed by atoms with Crippen molar-refractivity contribution in [1.29, 1.82) is 0 Å². The Morgan fingerprint density at radius 2 is 1.29 bits per heavy atom. The number of phenols is 2. The lowest BCUT2D eigenvalue weighted by atomic mass is 9.80. The van der Waals surface area contributed by atoms with Gasteiger partial charge in [0, 0.05) is 12.5 Å². The normalized spacial score (nSPS) is 11.3. The molecule has 0 bridgehead atoms. The molecule has 0 radical (unpaired) electrons. The first-order valence-electron chi connectivity index (χ1n) is 10.9. The smallest absolute Gasteiger partial charge is 0.119 e. The molecule has 0 amide bonds. The van der Waals surface area contributed by atoms with E-state index in [0.29, 0.717) is 6.61 Å². The van der Waals surface area contributed by atoms with Crippen LogP contribution in [-0.2, 0) is 12.8 Å². The summed E-state index contributed by atoms with van der Waals surface area (Å²) < 4.78 is 5.88. The Bertz CT molecular complexity index is 942. The molecule has 0 aliphatic rings. The molecular weight excluding hydrogens is 386 g/mol. The highest BCUT2D eigenvalue weighted by Gasteiger charge is 2.22. The second-order valence-corrected chi connectivity index (χ2v) is 8.13. The molecule has 3 rings (SSSR count). The SMILES string of the molecule is CCc1cc(O)ccc1C(c1ccc(OCCN(C)C)cc1)c1ccc(O)cc1CC. The molecule has 0 saturated carbocycles. The standard InChI is InChI=1S/C27H33NO3/c1-5-19-17-22(29)9-13-25(19)27(26-14-10-23(30)18-20(26)6-2)21-7-11-24(12-8-21)31-16-15-28(3)4/h7-14,17-18,27,29-30H,5-6,15-16H2,1-4H3. The van der Waals surface area contributed by atoms with E-state index in [2.05, 4.69) is 30.9 Å². The highest BCUT2D eigenvalue weighted by molar-refractivity contribution is 5.52. The van der Waals surface area contributed by atoms with Crippen molar-refractivity contribution in [3.05, 3.63) is 88.5 Å². The Hall–Kier alpha value is -2.98. The average molecular weight is 420 g/mol. The fraction of sp³-hybridized carbons (Fsp3) is 0.333. The summed E-state index contributed by atoms with van der Waals surface area (Å²) in [6, 6.07) is 19.5. The average Bonchev–Trinajstić information content (AvgIpc) is 2.76. The van der Waals surface area contributed by atoms with Crippen LogP contribution in [0.15, 0.2) is 60.7 Å². The van der Waals surface area contributed by atoms with Gasteiger partial charge in [-0.1, -0.05) is 38.1 Å². The maximum Gasteiger partial charge on any atom is 0.119 e. The highest BCUT2D eigenvalue weighted by atomic mass is 16.5. The minimum atomic E-state index is 0.00178. The van der Waals surface area contributed by atoms with Crippen molar-refractivity contribution in [2.75, 3.05) is 27.2 Å². The Morgan fingerprint density at radius 3 is 1.74 bits per heavy atom. The summed E-state index contributed by atoms with van der Waals surface area (Å²) in [7, 11) is 4.06. The molecule has 3 aromatic rings. The first-order chi connectivity index (χ1) is 14.9. The van der Waals surface area contributed by atoms with Crippen molar-refractivity contribution >= 4 is 0 Å². The van der Waals surface area contributed by atoms with E-state index in [1.54, 1.807) is 12.1 Å². The van der Waals surface area contributed by atoms with Crippen LogP contribution in [0.1, 0.15) is 47.6 Å². The van der Waals surface area contributed by atoms with Gasteiger partial charge in [-0.3, -0.25) is 0 Å². The number of nitrogens with zero attached hydrogens (tertiary/aromatic N) is 1. The highest BCUT2D eigenvalue weighted by Crippen LogP contribution is 2.38. The van der Waals surface area contributed by atoms with E-state index in [1.165, 1.54) is 11.1 Å². The summed E-state index contributed by atoms with van der Waals surface area (Å²) in [4.78, 5) is 2.10. The van der Waals surface area contributed by atoms with Gasteiger partial charge < -0.3 is 19.8 Å². The number of rotatable bonds is 9. The van der Waals surface area contributed by atoms with E-state index in [1.807, 2.05) is 50.5 Å². The van der Waals surface area contributed by atoms with Gasteiger partial charge >= 0.3 is 0 Å². The van der Waals surface area contributed by atoms with Gasteiger partial charge in [0.15, 0.2) is 0 Å². The largest absolute Gasteiger partial charge is 0.508 e. The molecule has 164 valence electrons. The van der Waals surface area contributed by atoms with Gasteiger partial charge in [-0.25, -0.2) is 0 Å². The van der Waals surface area contributed by atoms with Crippen LogP contribution in [0.5, 0.6) is 17.2 Å². The Kier molecular flexibility index (Phi) is 7.59. The minimum Gasteiger partial charge on any atom is -0.508 e. The van der Waals surface area contributed by atoms with Crippen LogP contribution in [-0.4, -0.2) is 42.4 Å². The van der Waals surface area contributed by atoms with Crippen LogP contribution in [0.2, 0.25) is 0 Å². The second kappa shape index (κ2) is 10.4. The first kappa shape index (κ1) is 22.7. The van der Waals surface area contributed by atoms with E-state index in [-0.39, 0.29) is 17.4 Å². The lowest BCUT2D eigenvalue weighted by molar-refractivity contribution is 0.261. The molecule has 3 aromatic carbocycles. The van der Waals surface area contributed by atoms with Crippen LogP contribution in [0.25, 0.3) is 0 Å². The number of benzene rings is 3. The maximum absolute atomic E-state index is 10.0. The molecule has 0 fully saturated rings. The Morgan fingerprint density at radius 1 is 0.774 bits per heavy atom. The quantitative estimate of drug-likeness (QED) is 0.460. The monoisotopic (exact) mass is 419 g/mol. The number of hydrogen-bond donors (Lipinski definition) is 2. The van der Waals surface area contributed by atoms with Crippen molar-refractivity contribution in [3.8, 4) is 17.2 Å². The van der Waals surface area contributed by atoms with Crippen molar-refractivity contribution in [2.24, 2.45) is 0 Å². The van der Waals surface area contributed by atoms with E-state index in [9.17, 15) is 10.2 Å². The van der Waals surface area contributed by atoms with Gasteiger partial charge in [-0.15, -0.1) is 0 Å². The molecule has 0 atom stereocenters. The maximum atomic E-state index is 10.0. The van der Waals surface area contributed by atoms with Crippen LogP contribution >= 0.6 is 0 Å². The fourth-order valence-corrected chi connectivity index (χ4v) is 3.99. The summed E-state index contributed by atoms with van der Waals surface area (Å²) in [5, 5.41) is 20.1. The van der Waals surface area contributed by atoms with Gasteiger partial charge in [0.05, 0.1) is 0 Å². The van der Waals surface area contributed by atoms with E-state index < -0.39 is 0 Å². The zero-order valence-corrected chi connectivity index (χ0v) is 18.9. The van der Waals surface area contributed by atoms with Crippen LogP contribution < -0.4 is 4.74 Å². The molecule has 0 aliphatic carbocycles. The Labute approximate surface area is 185 Å². The zero-order valence-electron chi connectivity index (χ0n) is 18.9. The number of hydrogen-bond acceptors (Lipinski definition) is 4. The molecule has 4 nitrogen and oxygen atoms in total. The summed E-state index contributed by atoms with van der Waals surface area (Å²) in [5.41, 5.74) is 5.72. The molecule has 0 saturated heterocycles. The summed E-state index contributed by atoms with van der Waals surface area (Å²) in [6.45, 7) is 5.72. The molecule has 2 N–H and O–H groups in total. The number of likely N-dealkylation sites (N-methyl/N-ethyl adjacent to an activating group) is 1. The zero-order chi connectivity index (χ0) is 22.4. The van der Waals surface area contributed by atoms with E-state index >= 15 is 0 Å². The molecular formula is C27H33NO3. The van der Waals surface area contributed by atoms with E-state index in [0.717, 1.165) is 41.8 Å². The summed E-state index contributed by atoms with van der Waals surface area (Å²) in [5.74, 6) is 1.42.